The van der Waals surface area contributed by atoms with Crippen LogP contribution in [0.4, 0.5) is 10.2 Å². The van der Waals surface area contributed by atoms with Crippen molar-refractivity contribution in [1.29, 1.82) is 0 Å². The van der Waals surface area contributed by atoms with Gasteiger partial charge in [-0.15, -0.1) is 0 Å². The topological polar surface area (TPSA) is 96.0 Å². The number of aromatic nitrogens is 4. The summed E-state index contributed by atoms with van der Waals surface area (Å²) in [4.78, 5) is 31.8. The largest absolute Gasteiger partial charge is 0.378 e. The van der Waals surface area contributed by atoms with Gasteiger partial charge in [-0.1, -0.05) is 20.8 Å². The highest BCUT2D eigenvalue weighted by molar-refractivity contribution is 5.96. The molecule has 2 N–H and O–H groups in total. The summed E-state index contributed by atoms with van der Waals surface area (Å²) in [6.07, 6.45) is 1.78. The molecule has 34 heavy (non-hydrogen) atoms. The third kappa shape index (κ3) is 4.19. The van der Waals surface area contributed by atoms with E-state index in [1.807, 2.05) is 39.0 Å². The number of fused-ring (bicyclic) bond motifs is 2. The van der Waals surface area contributed by atoms with Crippen LogP contribution in [0.3, 0.4) is 0 Å². The lowest BCUT2D eigenvalue weighted by atomic mass is 9.96. The molecule has 0 saturated carbocycles. The predicted molar refractivity (Wildman–Crippen MR) is 129 cm³/mol. The van der Waals surface area contributed by atoms with E-state index in [4.69, 9.17) is 19.7 Å². The van der Waals surface area contributed by atoms with Crippen LogP contribution in [-0.2, 0) is 16.1 Å². The Balaban J connectivity index is 1.62. The standard InChI is InChI=1S/C25H27FN6O2/c1-25(2,3)24(33)28-14-15-4-6-19-21(29-15)23(32-10-12-34-13-11-32)31-22(30-19)20-16-8-9-27-18(16)7-5-17(20)26/h4-9,27H,10-14H2,1-3H3,(H,28,33). The summed E-state index contributed by atoms with van der Waals surface area (Å²) < 4.78 is 20.5. The second-order valence-electron chi connectivity index (χ2n) is 9.43. The molecule has 0 radical (unpaired) electrons. The highest BCUT2D eigenvalue weighted by Crippen LogP contribution is 2.33. The molecule has 9 heteroatoms. The Morgan fingerprint density at radius 3 is 2.68 bits per heavy atom. The number of pyridine rings is 1. The molecule has 3 aromatic heterocycles. The molecule has 1 aliphatic rings. The van der Waals surface area contributed by atoms with Crippen LogP contribution in [-0.4, -0.2) is 52.1 Å². The van der Waals surface area contributed by atoms with Crippen LogP contribution in [0.1, 0.15) is 26.5 Å². The average molecular weight is 463 g/mol. The van der Waals surface area contributed by atoms with Crippen molar-refractivity contribution in [2.75, 3.05) is 31.2 Å². The monoisotopic (exact) mass is 462 g/mol. The molecular weight excluding hydrogens is 435 g/mol. The zero-order valence-electron chi connectivity index (χ0n) is 19.5. The number of ether oxygens (including phenoxy) is 1. The van der Waals surface area contributed by atoms with Gasteiger partial charge in [0.25, 0.3) is 0 Å². The quantitative estimate of drug-likeness (QED) is 0.479. The molecule has 1 aromatic carbocycles. The summed E-state index contributed by atoms with van der Waals surface area (Å²) in [6.45, 7) is 8.34. The number of carbonyl (C=O) groups excluding carboxylic acids is 1. The SMILES string of the molecule is CC(C)(C)C(=O)NCc1ccc2nc(-c3c(F)ccc4[nH]ccc34)nc(N3CCOCC3)c2n1. The lowest BCUT2D eigenvalue weighted by molar-refractivity contribution is -0.128. The minimum Gasteiger partial charge on any atom is -0.378 e. The smallest absolute Gasteiger partial charge is 0.225 e. The Morgan fingerprint density at radius 1 is 1.12 bits per heavy atom. The summed E-state index contributed by atoms with van der Waals surface area (Å²) in [7, 11) is 0. The number of morpholine rings is 1. The van der Waals surface area contributed by atoms with Crippen molar-refractivity contribution < 1.29 is 13.9 Å². The van der Waals surface area contributed by atoms with E-state index in [0.29, 0.717) is 66.8 Å². The fourth-order valence-corrected chi connectivity index (χ4v) is 4.02. The van der Waals surface area contributed by atoms with Gasteiger partial charge < -0.3 is 19.9 Å². The Kier molecular flexibility index (Phi) is 5.65. The molecule has 8 nitrogen and oxygen atoms in total. The highest BCUT2D eigenvalue weighted by atomic mass is 19.1. The third-order valence-electron chi connectivity index (χ3n) is 5.91. The van der Waals surface area contributed by atoms with E-state index in [1.165, 1.54) is 6.07 Å². The minimum atomic E-state index is -0.489. The first kappa shape index (κ1) is 22.2. The Bertz CT molecular complexity index is 1370. The Hall–Kier alpha value is -3.59. The maximum atomic E-state index is 15.0. The number of H-pyrrole nitrogens is 1. The number of benzene rings is 1. The number of hydrogen-bond donors (Lipinski definition) is 2. The van der Waals surface area contributed by atoms with E-state index in [1.54, 1.807) is 12.3 Å². The van der Waals surface area contributed by atoms with Gasteiger partial charge in [-0.2, -0.15) is 0 Å². The molecule has 4 aromatic rings. The van der Waals surface area contributed by atoms with Crippen molar-refractivity contribution in [2.24, 2.45) is 5.41 Å². The van der Waals surface area contributed by atoms with Crippen LogP contribution in [0.25, 0.3) is 33.3 Å². The fraction of sp³-hybridized carbons (Fsp3) is 0.360. The first-order valence-electron chi connectivity index (χ1n) is 11.4. The number of rotatable bonds is 4. The molecule has 0 bridgehead atoms. The molecule has 0 atom stereocenters. The molecule has 1 saturated heterocycles. The second-order valence-corrected chi connectivity index (χ2v) is 9.43. The average Bonchev–Trinajstić information content (AvgIpc) is 3.30. The van der Waals surface area contributed by atoms with Gasteiger partial charge >= 0.3 is 0 Å². The summed E-state index contributed by atoms with van der Waals surface area (Å²) in [5.74, 6) is 0.518. The number of aromatic amines is 1. The molecule has 0 aliphatic carbocycles. The molecule has 5 rings (SSSR count). The van der Waals surface area contributed by atoms with Gasteiger partial charge in [-0.3, -0.25) is 4.79 Å². The van der Waals surface area contributed by atoms with Crippen molar-refractivity contribution in [3.8, 4) is 11.4 Å². The normalized spacial score (nSPS) is 14.6. The van der Waals surface area contributed by atoms with Gasteiger partial charge in [0.15, 0.2) is 11.6 Å². The molecule has 1 amide bonds. The molecule has 1 fully saturated rings. The fourth-order valence-electron chi connectivity index (χ4n) is 4.02. The molecule has 4 heterocycles. The summed E-state index contributed by atoms with van der Waals surface area (Å²) in [5.41, 5.74) is 2.62. The Morgan fingerprint density at radius 2 is 1.91 bits per heavy atom. The van der Waals surface area contributed by atoms with Crippen molar-refractivity contribution in [1.82, 2.24) is 25.3 Å². The molecule has 0 unspecified atom stereocenters. The zero-order valence-corrected chi connectivity index (χ0v) is 19.5. The molecule has 1 aliphatic heterocycles. The van der Waals surface area contributed by atoms with Gasteiger partial charge in [0.2, 0.25) is 5.91 Å². The summed E-state index contributed by atoms with van der Waals surface area (Å²) in [6, 6.07) is 8.64. The molecule has 176 valence electrons. The Labute approximate surface area is 196 Å². The van der Waals surface area contributed by atoms with Crippen LogP contribution >= 0.6 is 0 Å². The van der Waals surface area contributed by atoms with E-state index in [-0.39, 0.29) is 11.7 Å². The van der Waals surface area contributed by atoms with E-state index in [2.05, 4.69) is 15.2 Å². The number of halogens is 1. The number of nitrogens with zero attached hydrogens (tertiary/aromatic N) is 4. The van der Waals surface area contributed by atoms with Gasteiger partial charge in [-0.25, -0.2) is 19.3 Å². The van der Waals surface area contributed by atoms with Gasteiger partial charge in [-0.05, 0) is 30.3 Å². The van der Waals surface area contributed by atoms with Gasteiger partial charge in [0, 0.05) is 35.6 Å². The van der Waals surface area contributed by atoms with Crippen LogP contribution in [0.2, 0.25) is 0 Å². The van der Waals surface area contributed by atoms with Crippen LogP contribution < -0.4 is 10.2 Å². The molecule has 0 spiro atoms. The van der Waals surface area contributed by atoms with Crippen LogP contribution in [0.15, 0.2) is 36.5 Å². The van der Waals surface area contributed by atoms with Crippen molar-refractivity contribution in [2.45, 2.75) is 27.3 Å². The zero-order chi connectivity index (χ0) is 23.9. The summed E-state index contributed by atoms with van der Waals surface area (Å²) >= 11 is 0. The van der Waals surface area contributed by atoms with E-state index in [0.717, 1.165) is 10.9 Å². The van der Waals surface area contributed by atoms with Crippen LogP contribution in [0.5, 0.6) is 0 Å². The lowest BCUT2D eigenvalue weighted by Gasteiger charge is -2.28. The second kappa shape index (κ2) is 8.64. The number of amides is 1. The van der Waals surface area contributed by atoms with E-state index in [9.17, 15) is 4.79 Å². The van der Waals surface area contributed by atoms with Crippen molar-refractivity contribution in [3.05, 3.63) is 48.0 Å². The van der Waals surface area contributed by atoms with E-state index < -0.39 is 5.41 Å². The van der Waals surface area contributed by atoms with Crippen molar-refractivity contribution >= 4 is 33.7 Å². The number of anilines is 1. The number of nitrogens with one attached hydrogen (secondary N) is 2. The number of hydrogen-bond acceptors (Lipinski definition) is 6. The minimum absolute atomic E-state index is 0.0514. The highest BCUT2D eigenvalue weighted by Gasteiger charge is 2.23. The van der Waals surface area contributed by atoms with Crippen molar-refractivity contribution in [3.63, 3.8) is 0 Å². The maximum Gasteiger partial charge on any atom is 0.225 e. The van der Waals surface area contributed by atoms with Crippen LogP contribution in [0, 0.1) is 11.2 Å². The lowest BCUT2D eigenvalue weighted by Crippen LogP contribution is -2.37. The third-order valence-corrected chi connectivity index (χ3v) is 5.91. The van der Waals surface area contributed by atoms with Gasteiger partial charge in [0.05, 0.1) is 36.5 Å². The first-order chi connectivity index (χ1) is 16.3. The molecular formula is C25H27FN6O2. The van der Waals surface area contributed by atoms with E-state index >= 15 is 4.39 Å². The van der Waals surface area contributed by atoms with Gasteiger partial charge in [0.1, 0.15) is 11.3 Å². The summed E-state index contributed by atoms with van der Waals surface area (Å²) in [5, 5.41) is 3.66. The predicted octanol–water partition coefficient (Wildman–Crippen LogP) is 3.81. The maximum absolute atomic E-state index is 15.0. The number of carbonyl (C=O) groups is 1. The first-order valence-corrected chi connectivity index (χ1v) is 11.4.